The van der Waals surface area contributed by atoms with Gasteiger partial charge in [0.2, 0.25) is 11.7 Å². The number of halogens is 1. The van der Waals surface area contributed by atoms with Gasteiger partial charge in [-0.1, -0.05) is 18.5 Å². The fourth-order valence-electron chi connectivity index (χ4n) is 1.54. The third-order valence-electron chi connectivity index (χ3n) is 2.46. The van der Waals surface area contributed by atoms with Crippen LogP contribution in [-0.4, -0.2) is 10.1 Å². The van der Waals surface area contributed by atoms with Crippen molar-refractivity contribution < 1.29 is 8.91 Å². The minimum Gasteiger partial charge on any atom is -0.337 e. The maximum absolute atomic E-state index is 12.8. The van der Waals surface area contributed by atoms with E-state index in [0.29, 0.717) is 17.3 Å². The van der Waals surface area contributed by atoms with Crippen LogP contribution in [-0.2, 0) is 0 Å². The van der Waals surface area contributed by atoms with Gasteiger partial charge in [-0.25, -0.2) is 4.39 Å². The first-order chi connectivity index (χ1) is 8.20. The molecule has 5 heteroatoms. The Labute approximate surface area is 98.6 Å². The van der Waals surface area contributed by atoms with E-state index in [1.54, 1.807) is 12.1 Å². The predicted molar refractivity (Wildman–Crippen MR) is 61.5 cm³/mol. The van der Waals surface area contributed by atoms with Crippen LogP contribution in [0.4, 0.5) is 4.39 Å². The number of nitrogens with zero attached hydrogens (tertiary/aromatic N) is 2. The summed E-state index contributed by atoms with van der Waals surface area (Å²) in [6, 6.07) is 5.70. The van der Waals surface area contributed by atoms with Crippen LogP contribution in [0.2, 0.25) is 0 Å². The molecule has 0 fully saturated rings. The minimum absolute atomic E-state index is 0.235. The van der Waals surface area contributed by atoms with Gasteiger partial charge in [-0.05, 0) is 30.7 Å². The molecule has 1 heterocycles. The zero-order chi connectivity index (χ0) is 12.3. The third-order valence-corrected chi connectivity index (χ3v) is 2.46. The first kappa shape index (κ1) is 11.7. The monoisotopic (exact) mass is 235 g/mol. The van der Waals surface area contributed by atoms with Crippen LogP contribution >= 0.6 is 0 Å². The number of benzene rings is 1. The highest BCUT2D eigenvalue weighted by Crippen LogP contribution is 2.19. The summed E-state index contributed by atoms with van der Waals surface area (Å²) in [6.45, 7) is 2.04. The smallest absolute Gasteiger partial charge is 0.243 e. The molecule has 0 spiro atoms. The molecule has 0 amide bonds. The Morgan fingerprint density at radius 1 is 1.35 bits per heavy atom. The highest BCUT2D eigenvalue weighted by molar-refractivity contribution is 5.53. The Balaban J connectivity index is 2.20. The molecule has 4 nitrogen and oxygen atoms in total. The van der Waals surface area contributed by atoms with E-state index in [0.717, 1.165) is 12.8 Å². The van der Waals surface area contributed by atoms with Crippen LogP contribution in [0.1, 0.15) is 31.7 Å². The fraction of sp³-hybridized carbons (Fsp3) is 0.333. The summed E-state index contributed by atoms with van der Waals surface area (Å²) >= 11 is 0. The van der Waals surface area contributed by atoms with Crippen LogP contribution in [0.15, 0.2) is 28.8 Å². The molecule has 0 radical (unpaired) electrons. The molecule has 0 aliphatic heterocycles. The molecule has 1 atom stereocenters. The molecule has 0 saturated carbocycles. The van der Waals surface area contributed by atoms with Gasteiger partial charge in [0.05, 0.1) is 6.04 Å². The molecule has 0 aliphatic rings. The average Bonchev–Trinajstić information content (AvgIpc) is 2.80. The van der Waals surface area contributed by atoms with Crippen LogP contribution in [0.3, 0.4) is 0 Å². The van der Waals surface area contributed by atoms with E-state index in [1.807, 2.05) is 6.92 Å². The Bertz CT molecular complexity index is 481. The van der Waals surface area contributed by atoms with Crippen molar-refractivity contribution in [2.75, 3.05) is 0 Å². The number of aromatic nitrogens is 2. The maximum Gasteiger partial charge on any atom is 0.243 e. The average molecular weight is 235 g/mol. The molecule has 2 rings (SSSR count). The summed E-state index contributed by atoms with van der Waals surface area (Å²) < 4.78 is 17.8. The van der Waals surface area contributed by atoms with Crippen LogP contribution in [0.5, 0.6) is 0 Å². The second-order valence-corrected chi connectivity index (χ2v) is 3.86. The molecule has 0 aliphatic carbocycles. The topological polar surface area (TPSA) is 64.9 Å². The summed E-state index contributed by atoms with van der Waals surface area (Å²) in [5, 5.41) is 3.83. The largest absolute Gasteiger partial charge is 0.337 e. The molecule has 90 valence electrons. The first-order valence-electron chi connectivity index (χ1n) is 5.56. The van der Waals surface area contributed by atoms with Gasteiger partial charge in [-0.15, -0.1) is 0 Å². The zero-order valence-electron chi connectivity index (χ0n) is 9.56. The second kappa shape index (κ2) is 5.05. The van der Waals surface area contributed by atoms with Crippen LogP contribution in [0.25, 0.3) is 11.4 Å². The Morgan fingerprint density at radius 2 is 2.06 bits per heavy atom. The SMILES string of the molecule is CCC[C@@H](N)c1nc(-c2ccc(F)cc2)no1. The maximum atomic E-state index is 12.8. The van der Waals surface area contributed by atoms with Crippen molar-refractivity contribution in [3.05, 3.63) is 36.0 Å². The lowest BCUT2D eigenvalue weighted by molar-refractivity contribution is 0.348. The molecular weight excluding hydrogens is 221 g/mol. The van der Waals surface area contributed by atoms with E-state index in [9.17, 15) is 4.39 Å². The van der Waals surface area contributed by atoms with Crippen molar-refractivity contribution >= 4 is 0 Å². The van der Waals surface area contributed by atoms with Crippen molar-refractivity contribution in [3.63, 3.8) is 0 Å². The highest BCUT2D eigenvalue weighted by atomic mass is 19.1. The van der Waals surface area contributed by atoms with E-state index in [4.69, 9.17) is 10.3 Å². The molecule has 17 heavy (non-hydrogen) atoms. The number of rotatable bonds is 4. The van der Waals surface area contributed by atoms with Crippen molar-refractivity contribution in [1.29, 1.82) is 0 Å². The summed E-state index contributed by atoms with van der Waals surface area (Å²) in [4.78, 5) is 4.20. The molecule has 2 N–H and O–H groups in total. The van der Waals surface area contributed by atoms with Gasteiger partial charge < -0.3 is 10.3 Å². The predicted octanol–water partition coefficient (Wildman–Crippen LogP) is 2.68. The lowest BCUT2D eigenvalue weighted by Gasteiger charge is -2.02. The number of hydrogen-bond acceptors (Lipinski definition) is 4. The van der Waals surface area contributed by atoms with E-state index in [2.05, 4.69) is 10.1 Å². The van der Waals surface area contributed by atoms with Crippen molar-refractivity contribution in [3.8, 4) is 11.4 Å². The van der Waals surface area contributed by atoms with E-state index in [-0.39, 0.29) is 11.9 Å². The standard InChI is InChI=1S/C12H14FN3O/c1-2-3-10(14)12-15-11(16-17-12)8-4-6-9(13)7-5-8/h4-7,10H,2-3,14H2,1H3/t10-/m1/s1. The van der Waals surface area contributed by atoms with Gasteiger partial charge >= 0.3 is 0 Å². The number of hydrogen-bond donors (Lipinski definition) is 1. The normalized spacial score (nSPS) is 12.6. The lowest BCUT2D eigenvalue weighted by Crippen LogP contribution is -2.09. The van der Waals surface area contributed by atoms with Gasteiger partial charge in [-0.3, -0.25) is 0 Å². The number of nitrogens with two attached hydrogens (primary N) is 1. The van der Waals surface area contributed by atoms with Crippen LogP contribution < -0.4 is 5.73 Å². The van der Waals surface area contributed by atoms with E-state index in [1.165, 1.54) is 12.1 Å². The van der Waals surface area contributed by atoms with Crippen molar-refractivity contribution in [1.82, 2.24) is 10.1 Å². The molecule has 0 bridgehead atoms. The quantitative estimate of drug-likeness (QED) is 0.884. The molecule has 1 aromatic carbocycles. The van der Waals surface area contributed by atoms with Gasteiger partial charge in [0.15, 0.2) is 0 Å². The summed E-state index contributed by atoms with van der Waals surface area (Å²) in [5.41, 5.74) is 6.58. The molecule has 1 aromatic heterocycles. The van der Waals surface area contributed by atoms with E-state index < -0.39 is 0 Å². The lowest BCUT2D eigenvalue weighted by atomic mass is 10.2. The van der Waals surface area contributed by atoms with E-state index >= 15 is 0 Å². The highest BCUT2D eigenvalue weighted by Gasteiger charge is 2.14. The van der Waals surface area contributed by atoms with Crippen molar-refractivity contribution in [2.45, 2.75) is 25.8 Å². The summed E-state index contributed by atoms with van der Waals surface area (Å²) in [5.74, 6) is 0.567. The van der Waals surface area contributed by atoms with Crippen LogP contribution in [0, 0.1) is 5.82 Å². The molecule has 0 saturated heterocycles. The van der Waals surface area contributed by atoms with Crippen molar-refractivity contribution in [2.24, 2.45) is 5.73 Å². The first-order valence-corrected chi connectivity index (χ1v) is 5.56. The van der Waals surface area contributed by atoms with Gasteiger partial charge in [0.1, 0.15) is 5.82 Å². The molecule has 0 unspecified atom stereocenters. The molecule has 2 aromatic rings. The Morgan fingerprint density at radius 3 is 2.71 bits per heavy atom. The Kier molecular flexibility index (Phi) is 3.49. The van der Waals surface area contributed by atoms with Gasteiger partial charge in [0.25, 0.3) is 0 Å². The van der Waals surface area contributed by atoms with Gasteiger partial charge in [0, 0.05) is 5.56 Å². The van der Waals surface area contributed by atoms with Gasteiger partial charge in [-0.2, -0.15) is 4.98 Å². The summed E-state index contributed by atoms with van der Waals surface area (Å²) in [7, 11) is 0. The second-order valence-electron chi connectivity index (χ2n) is 3.86. The summed E-state index contributed by atoms with van der Waals surface area (Å²) in [6.07, 6.45) is 1.75. The molecular formula is C12H14FN3O. The third kappa shape index (κ3) is 2.68. The zero-order valence-corrected chi connectivity index (χ0v) is 9.56. The fourth-order valence-corrected chi connectivity index (χ4v) is 1.54. The Hall–Kier alpha value is -1.75. The minimum atomic E-state index is -0.292.